The van der Waals surface area contributed by atoms with Crippen molar-refractivity contribution in [1.82, 2.24) is 0 Å². The molecule has 14 heavy (non-hydrogen) atoms. The highest BCUT2D eigenvalue weighted by Crippen LogP contribution is 2.19. The van der Waals surface area contributed by atoms with Crippen LogP contribution in [0.15, 0.2) is 18.2 Å². The molecule has 0 bridgehead atoms. The van der Waals surface area contributed by atoms with Crippen LogP contribution < -0.4 is 11.1 Å². The molecule has 3 N–H and O–H groups in total. The molecule has 0 aliphatic rings. The lowest BCUT2D eigenvalue weighted by Crippen LogP contribution is -2.03. The van der Waals surface area contributed by atoms with Crippen LogP contribution in [0.5, 0.6) is 0 Å². The monoisotopic (exact) mass is 189 g/mol. The van der Waals surface area contributed by atoms with E-state index in [-0.39, 0.29) is 0 Å². The number of anilines is 2. The molecule has 74 valence electrons. The Labute approximate surface area is 84.5 Å². The molecule has 0 fully saturated rings. The maximum Gasteiger partial charge on any atom is 0.0992 e. The summed E-state index contributed by atoms with van der Waals surface area (Å²) >= 11 is 0. The van der Waals surface area contributed by atoms with Gasteiger partial charge in [0.2, 0.25) is 0 Å². The van der Waals surface area contributed by atoms with Crippen LogP contribution in [-0.2, 0) is 0 Å². The number of rotatable bonds is 4. The lowest BCUT2D eigenvalue weighted by molar-refractivity contribution is 0.834. The number of unbranched alkanes of at least 4 members (excludes halogenated alkanes) is 1. The summed E-state index contributed by atoms with van der Waals surface area (Å²) in [6.45, 7) is 3.07. The summed E-state index contributed by atoms with van der Waals surface area (Å²) in [7, 11) is 0. The van der Waals surface area contributed by atoms with E-state index in [1.807, 2.05) is 6.07 Å². The third-order valence-corrected chi connectivity index (χ3v) is 2.03. The molecule has 3 nitrogen and oxygen atoms in total. The fourth-order valence-corrected chi connectivity index (χ4v) is 1.19. The maximum absolute atomic E-state index is 8.64. The van der Waals surface area contributed by atoms with Gasteiger partial charge in [-0.15, -0.1) is 0 Å². The Hall–Kier alpha value is -1.69. The highest BCUT2D eigenvalue weighted by Gasteiger charge is 1.98. The van der Waals surface area contributed by atoms with Crippen molar-refractivity contribution in [1.29, 1.82) is 5.26 Å². The summed E-state index contributed by atoms with van der Waals surface area (Å²) in [5.41, 5.74) is 7.92. The molecule has 0 radical (unpaired) electrons. The number of nitrogens with one attached hydrogen (secondary N) is 1. The van der Waals surface area contributed by atoms with E-state index in [1.54, 1.807) is 12.1 Å². The van der Waals surface area contributed by atoms with Crippen molar-refractivity contribution in [3.8, 4) is 6.07 Å². The van der Waals surface area contributed by atoms with E-state index in [4.69, 9.17) is 11.0 Å². The second-order valence-corrected chi connectivity index (χ2v) is 3.19. The molecule has 1 aromatic carbocycles. The second-order valence-electron chi connectivity index (χ2n) is 3.19. The van der Waals surface area contributed by atoms with Crippen molar-refractivity contribution in [2.75, 3.05) is 17.6 Å². The molecule has 0 saturated heterocycles. The minimum absolute atomic E-state index is 0.601. The average Bonchev–Trinajstić information content (AvgIpc) is 2.20. The number of hydrogen-bond acceptors (Lipinski definition) is 3. The van der Waals surface area contributed by atoms with Crippen LogP contribution in [0.3, 0.4) is 0 Å². The SMILES string of the molecule is CCCCNc1ccc(C#N)cc1N. The standard InChI is InChI=1S/C11H15N3/c1-2-3-6-14-11-5-4-9(8-12)7-10(11)13/h4-5,7,14H,2-3,6,13H2,1H3. The molecule has 1 rings (SSSR count). The molecule has 0 spiro atoms. The van der Waals surface area contributed by atoms with Crippen molar-refractivity contribution < 1.29 is 0 Å². The number of benzene rings is 1. The number of nitrogens with zero attached hydrogens (tertiary/aromatic N) is 1. The molecule has 0 atom stereocenters. The van der Waals surface area contributed by atoms with Crippen LogP contribution in [0.25, 0.3) is 0 Å². The van der Waals surface area contributed by atoms with Crippen LogP contribution in [0.4, 0.5) is 11.4 Å². The maximum atomic E-state index is 8.64. The third-order valence-electron chi connectivity index (χ3n) is 2.03. The fourth-order valence-electron chi connectivity index (χ4n) is 1.19. The zero-order valence-electron chi connectivity index (χ0n) is 8.38. The minimum atomic E-state index is 0.601. The first-order chi connectivity index (χ1) is 6.77. The molecule has 1 aromatic rings. The van der Waals surface area contributed by atoms with E-state index in [2.05, 4.69) is 18.3 Å². The van der Waals surface area contributed by atoms with E-state index >= 15 is 0 Å². The predicted octanol–water partition coefficient (Wildman–Crippen LogP) is 2.35. The molecular weight excluding hydrogens is 174 g/mol. The quantitative estimate of drug-likeness (QED) is 0.564. The van der Waals surface area contributed by atoms with Gasteiger partial charge in [-0.3, -0.25) is 0 Å². The van der Waals surface area contributed by atoms with Crippen LogP contribution >= 0.6 is 0 Å². The van der Waals surface area contributed by atoms with Gasteiger partial charge in [-0.05, 0) is 24.6 Å². The fraction of sp³-hybridized carbons (Fsp3) is 0.364. The minimum Gasteiger partial charge on any atom is -0.397 e. The smallest absolute Gasteiger partial charge is 0.0992 e. The van der Waals surface area contributed by atoms with Crippen LogP contribution in [0, 0.1) is 11.3 Å². The van der Waals surface area contributed by atoms with Crippen LogP contribution in [0.1, 0.15) is 25.3 Å². The zero-order chi connectivity index (χ0) is 10.4. The van der Waals surface area contributed by atoms with Gasteiger partial charge >= 0.3 is 0 Å². The summed E-state index contributed by atoms with van der Waals surface area (Å²) < 4.78 is 0. The Kier molecular flexibility index (Phi) is 3.81. The van der Waals surface area contributed by atoms with E-state index in [9.17, 15) is 0 Å². The summed E-state index contributed by atoms with van der Waals surface area (Å²) in [6, 6.07) is 7.36. The first-order valence-corrected chi connectivity index (χ1v) is 4.81. The number of nitrogen functional groups attached to an aromatic ring is 1. The Bertz CT molecular complexity index is 339. The largest absolute Gasteiger partial charge is 0.397 e. The van der Waals surface area contributed by atoms with Gasteiger partial charge in [-0.1, -0.05) is 13.3 Å². The van der Waals surface area contributed by atoms with Gasteiger partial charge in [0.1, 0.15) is 0 Å². The molecule has 0 aromatic heterocycles. The first-order valence-electron chi connectivity index (χ1n) is 4.81. The van der Waals surface area contributed by atoms with Gasteiger partial charge in [0, 0.05) is 6.54 Å². The van der Waals surface area contributed by atoms with E-state index in [0.29, 0.717) is 11.3 Å². The molecule has 0 heterocycles. The van der Waals surface area contributed by atoms with Gasteiger partial charge in [0.25, 0.3) is 0 Å². The lowest BCUT2D eigenvalue weighted by atomic mass is 10.2. The van der Waals surface area contributed by atoms with Crippen molar-refractivity contribution in [3.63, 3.8) is 0 Å². The van der Waals surface area contributed by atoms with Gasteiger partial charge < -0.3 is 11.1 Å². The van der Waals surface area contributed by atoms with E-state index in [0.717, 1.165) is 25.1 Å². The van der Waals surface area contributed by atoms with Crippen LogP contribution in [-0.4, -0.2) is 6.54 Å². The molecule has 3 heteroatoms. The number of hydrogen-bond donors (Lipinski definition) is 2. The molecule has 0 aliphatic carbocycles. The summed E-state index contributed by atoms with van der Waals surface area (Å²) in [4.78, 5) is 0. The molecular formula is C11H15N3. The van der Waals surface area contributed by atoms with Crippen LogP contribution in [0.2, 0.25) is 0 Å². The third kappa shape index (κ3) is 2.67. The lowest BCUT2D eigenvalue weighted by Gasteiger charge is -2.08. The Morgan fingerprint density at radius 1 is 1.50 bits per heavy atom. The highest BCUT2D eigenvalue weighted by atomic mass is 14.9. The van der Waals surface area contributed by atoms with Crippen molar-refractivity contribution >= 4 is 11.4 Å². The normalized spacial score (nSPS) is 9.43. The average molecular weight is 189 g/mol. The molecule has 0 unspecified atom stereocenters. The Morgan fingerprint density at radius 3 is 2.86 bits per heavy atom. The van der Waals surface area contributed by atoms with E-state index in [1.165, 1.54) is 0 Å². The second kappa shape index (κ2) is 5.13. The van der Waals surface area contributed by atoms with Gasteiger partial charge in [0.15, 0.2) is 0 Å². The Balaban J connectivity index is 2.65. The highest BCUT2D eigenvalue weighted by molar-refractivity contribution is 5.68. The first kappa shape index (κ1) is 10.4. The Morgan fingerprint density at radius 2 is 2.29 bits per heavy atom. The summed E-state index contributed by atoms with van der Waals surface area (Å²) in [6.07, 6.45) is 2.28. The number of nitrogens with two attached hydrogens (primary N) is 1. The summed E-state index contributed by atoms with van der Waals surface area (Å²) in [5, 5.41) is 11.9. The topological polar surface area (TPSA) is 61.8 Å². The van der Waals surface area contributed by atoms with Gasteiger partial charge in [-0.25, -0.2) is 0 Å². The van der Waals surface area contributed by atoms with Gasteiger partial charge in [-0.2, -0.15) is 5.26 Å². The van der Waals surface area contributed by atoms with Crippen molar-refractivity contribution in [2.24, 2.45) is 0 Å². The molecule has 0 aliphatic heterocycles. The van der Waals surface area contributed by atoms with Crippen molar-refractivity contribution in [2.45, 2.75) is 19.8 Å². The zero-order valence-corrected chi connectivity index (χ0v) is 8.38. The summed E-state index contributed by atoms with van der Waals surface area (Å²) in [5.74, 6) is 0. The number of nitriles is 1. The van der Waals surface area contributed by atoms with E-state index < -0.39 is 0 Å². The molecule has 0 saturated carbocycles. The molecule has 0 amide bonds. The predicted molar refractivity (Wildman–Crippen MR) is 59.0 cm³/mol. The van der Waals surface area contributed by atoms with Gasteiger partial charge in [0.05, 0.1) is 23.0 Å². The van der Waals surface area contributed by atoms with Crippen molar-refractivity contribution in [3.05, 3.63) is 23.8 Å².